The molecule has 112 valence electrons. The van der Waals surface area contributed by atoms with Crippen molar-refractivity contribution < 1.29 is 9.59 Å². The summed E-state index contributed by atoms with van der Waals surface area (Å²) in [5.41, 5.74) is 1.59. The van der Waals surface area contributed by atoms with Crippen LogP contribution in [0.4, 0.5) is 5.82 Å². The Labute approximate surface area is 127 Å². The summed E-state index contributed by atoms with van der Waals surface area (Å²) in [5, 5.41) is 15.9. The standard InChI is InChI=1S/C14H18N4O2S/c1-9(2)11-7-12(18-17-11)16-13(19)3-5-15-14(20)10-4-6-21-8-10/h4,6-9H,3,5H2,1-2H3,(H,15,20)(H2,16,17,18,19). The molecule has 0 aromatic carbocycles. The van der Waals surface area contributed by atoms with Gasteiger partial charge in [0.15, 0.2) is 5.82 Å². The summed E-state index contributed by atoms with van der Waals surface area (Å²) in [4.78, 5) is 23.4. The number of H-pyrrole nitrogens is 1. The summed E-state index contributed by atoms with van der Waals surface area (Å²) in [7, 11) is 0. The van der Waals surface area contributed by atoms with Crippen LogP contribution in [0.3, 0.4) is 0 Å². The van der Waals surface area contributed by atoms with Gasteiger partial charge in [0.2, 0.25) is 5.91 Å². The predicted octanol–water partition coefficient (Wildman–Crippen LogP) is 2.35. The van der Waals surface area contributed by atoms with Gasteiger partial charge < -0.3 is 10.6 Å². The number of hydrogen-bond donors (Lipinski definition) is 3. The third kappa shape index (κ3) is 4.42. The number of anilines is 1. The highest BCUT2D eigenvalue weighted by atomic mass is 32.1. The average Bonchev–Trinajstić information content (AvgIpc) is 3.09. The zero-order chi connectivity index (χ0) is 15.2. The number of nitrogens with one attached hydrogen (secondary N) is 3. The first kappa shape index (κ1) is 15.2. The van der Waals surface area contributed by atoms with E-state index in [0.29, 0.717) is 23.8 Å². The van der Waals surface area contributed by atoms with Crippen LogP contribution in [0.5, 0.6) is 0 Å². The SMILES string of the molecule is CC(C)c1cc(NC(=O)CCNC(=O)c2ccsc2)n[nH]1. The highest BCUT2D eigenvalue weighted by Crippen LogP contribution is 2.14. The van der Waals surface area contributed by atoms with Crippen molar-refractivity contribution in [2.45, 2.75) is 26.2 Å². The average molecular weight is 306 g/mol. The van der Waals surface area contributed by atoms with E-state index >= 15 is 0 Å². The van der Waals surface area contributed by atoms with E-state index in [4.69, 9.17) is 0 Å². The molecule has 2 aromatic heterocycles. The van der Waals surface area contributed by atoms with Crippen LogP contribution in [0, 0.1) is 0 Å². The van der Waals surface area contributed by atoms with E-state index in [1.54, 1.807) is 11.4 Å². The minimum Gasteiger partial charge on any atom is -0.351 e. The molecule has 0 aliphatic rings. The molecule has 0 aliphatic carbocycles. The lowest BCUT2D eigenvalue weighted by atomic mass is 10.1. The molecule has 0 saturated carbocycles. The number of carbonyl (C=O) groups excluding carboxylic acids is 2. The van der Waals surface area contributed by atoms with Crippen LogP contribution in [0.1, 0.15) is 42.2 Å². The number of nitrogens with zero attached hydrogens (tertiary/aromatic N) is 1. The van der Waals surface area contributed by atoms with Gasteiger partial charge in [-0.15, -0.1) is 0 Å². The maximum Gasteiger partial charge on any atom is 0.252 e. The predicted molar refractivity (Wildman–Crippen MR) is 82.6 cm³/mol. The van der Waals surface area contributed by atoms with E-state index < -0.39 is 0 Å². The number of rotatable bonds is 6. The molecular formula is C14H18N4O2S. The second-order valence-corrected chi connectivity index (χ2v) is 5.71. The van der Waals surface area contributed by atoms with Crippen molar-refractivity contribution in [3.63, 3.8) is 0 Å². The summed E-state index contributed by atoms with van der Waals surface area (Å²) < 4.78 is 0. The fourth-order valence-corrected chi connectivity index (χ4v) is 2.32. The quantitative estimate of drug-likeness (QED) is 0.765. The number of aromatic amines is 1. The molecule has 7 heteroatoms. The second kappa shape index (κ2) is 7.03. The van der Waals surface area contributed by atoms with Gasteiger partial charge in [0.25, 0.3) is 5.91 Å². The number of hydrogen-bond acceptors (Lipinski definition) is 4. The zero-order valence-electron chi connectivity index (χ0n) is 12.0. The third-order valence-electron chi connectivity index (χ3n) is 2.91. The van der Waals surface area contributed by atoms with Crippen molar-refractivity contribution in [1.29, 1.82) is 0 Å². The highest BCUT2D eigenvalue weighted by Gasteiger charge is 2.09. The number of thiophene rings is 1. The Hall–Kier alpha value is -2.15. The lowest BCUT2D eigenvalue weighted by molar-refractivity contribution is -0.116. The van der Waals surface area contributed by atoms with Crippen LogP contribution in [-0.2, 0) is 4.79 Å². The smallest absolute Gasteiger partial charge is 0.252 e. The van der Waals surface area contributed by atoms with Crippen LogP contribution in [0.15, 0.2) is 22.9 Å². The van der Waals surface area contributed by atoms with Gasteiger partial charge in [0, 0.05) is 35.7 Å². The van der Waals surface area contributed by atoms with E-state index in [9.17, 15) is 9.59 Å². The van der Waals surface area contributed by atoms with E-state index in [1.165, 1.54) is 11.3 Å². The normalized spacial score (nSPS) is 10.6. The van der Waals surface area contributed by atoms with E-state index in [1.807, 2.05) is 25.3 Å². The Morgan fingerprint density at radius 3 is 2.86 bits per heavy atom. The van der Waals surface area contributed by atoms with Crippen LogP contribution >= 0.6 is 11.3 Å². The van der Waals surface area contributed by atoms with E-state index in [0.717, 1.165) is 5.69 Å². The lowest BCUT2D eigenvalue weighted by Gasteiger charge is -2.04. The maximum atomic E-state index is 11.7. The largest absolute Gasteiger partial charge is 0.351 e. The fourth-order valence-electron chi connectivity index (χ4n) is 1.69. The van der Waals surface area contributed by atoms with E-state index in [-0.39, 0.29) is 18.2 Å². The summed E-state index contributed by atoms with van der Waals surface area (Å²) in [5.74, 6) is 0.495. The Bertz CT molecular complexity index is 604. The third-order valence-corrected chi connectivity index (χ3v) is 3.59. The van der Waals surface area contributed by atoms with Gasteiger partial charge in [-0.1, -0.05) is 13.8 Å². The minimum atomic E-state index is -0.178. The molecule has 3 N–H and O–H groups in total. The molecule has 0 bridgehead atoms. The molecule has 0 atom stereocenters. The highest BCUT2D eigenvalue weighted by molar-refractivity contribution is 7.08. The lowest BCUT2D eigenvalue weighted by Crippen LogP contribution is -2.27. The summed E-state index contributed by atoms with van der Waals surface area (Å²) >= 11 is 1.46. The van der Waals surface area contributed by atoms with Crippen molar-refractivity contribution >= 4 is 29.0 Å². The first-order valence-electron chi connectivity index (χ1n) is 6.72. The fraction of sp³-hybridized carbons (Fsp3) is 0.357. The van der Waals surface area contributed by atoms with Crippen molar-refractivity contribution in [3.8, 4) is 0 Å². The van der Waals surface area contributed by atoms with Crippen LogP contribution < -0.4 is 10.6 Å². The molecule has 0 unspecified atom stereocenters. The van der Waals surface area contributed by atoms with Gasteiger partial charge in [0.05, 0.1) is 0 Å². The molecule has 0 fully saturated rings. The molecule has 0 radical (unpaired) electrons. The molecule has 6 nitrogen and oxygen atoms in total. The van der Waals surface area contributed by atoms with Crippen LogP contribution in [-0.4, -0.2) is 28.6 Å². The van der Waals surface area contributed by atoms with Gasteiger partial charge in [0.1, 0.15) is 0 Å². The molecular weight excluding hydrogens is 288 g/mol. The van der Waals surface area contributed by atoms with Crippen LogP contribution in [0.25, 0.3) is 0 Å². The summed E-state index contributed by atoms with van der Waals surface area (Å²) in [6.07, 6.45) is 0.208. The minimum absolute atomic E-state index is 0.161. The Morgan fingerprint density at radius 1 is 1.43 bits per heavy atom. The molecule has 21 heavy (non-hydrogen) atoms. The van der Waals surface area contributed by atoms with Gasteiger partial charge in [-0.2, -0.15) is 16.4 Å². The van der Waals surface area contributed by atoms with Gasteiger partial charge in [-0.05, 0) is 17.4 Å². The molecule has 2 rings (SSSR count). The summed E-state index contributed by atoms with van der Waals surface area (Å²) in [6, 6.07) is 3.56. The van der Waals surface area contributed by atoms with Gasteiger partial charge >= 0.3 is 0 Å². The second-order valence-electron chi connectivity index (χ2n) is 4.93. The Balaban J connectivity index is 1.73. The number of carbonyl (C=O) groups is 2. The van der Waals surface area contributed by atoms with Crippen molar-refractivity contribution in [1.82, 2.24) is 15.5 Å². The van der Waals surface area contributed by atoms with E-state index in [2.05, 4.69) is 20.8 Å². The molecule has 2 amide bonds. The first-order valence-corrected chi connectivity index (χ1v) is 7.66. The number of amides is 2. The molecule has 2 aromatic rings. The Morgan fingerprint density at radius 2 is 2.24 bits per heavy atom. The summed E-state index contributed by atoms with van der Waals surface area (Å²) in [6.45, 7) is 4.38. The van der Waals surface area contributed by atoms with Crippen LogP contribution in [0.2, 0.25) is 0 Å². The van der Waals surface area contributed by atoms with Gasteiger partial charge in [-0.25, -0.2) is 0 Å². The zero-order valence-corrected chi connectivity index (χ0v) is 12.8. The topological polar surface area (TPSA) is 86.9 Å². The molecule has 0 aliphatic heterocycles. The van der Waals surface area contributed by atoms with Crippen molar-refractivity contribution in [3.05, 3.63) is 34.2 Å². The maximum absolute atomic E-state index is 11.7. The molecule has 2 heterocycles. The molecule has 0 spiro atoms. The number of aromatic nitrogens is 2. The van der Waals surface area contributed by atoms with Gasteiger partial charge in [-0.3, -0.25) is 14.7 Å². The van der Waals surface area contributed by atoms with Crippen molar-refractivity contribution in [2.24, 2.45) is 0 Å². The monoisotopic (exact) mass is 306 g/mol. The molecule has 0 saturated heterocycles. The first-order chi connectivity index (χ1) is 10.1. The van der Waals surface area contributed by atoms with Crippen molar-refractivity contribution in [2.75, 3.05) is 11.9 Å². The Kier molecular flexibility index (Phi) is 5.10.